The molecule has 0 fully saturated rings. The summed E-state index contributed by atoms with van der Waals surface area (Å²) in [6.07, 6.45) is -2.97. The summed E-state index contributed by atoms with van der Waals surface area (Å²) in [5, 5.41) is 3.93. The Hall–Kier alpha value is -2.56. The van der Waals surface area contributed by atoms with E-state index in [-0.39, 0.29) is 11.4 Å². The minimum Gasteiger partial charge on any atom is -0.355 e. The highest BCUT2D eigenvalue weighted by Gasteiger charge is 2.41. The highest BCUT2D eigenvalue weighted by molar-refractivity contribution is 5.89. The first kappa shape index (κ1) is 15.3. The van der Waals surface area contributed by atoms with Gasteiger partial charge in [-0.05, 0) is 41.0 Å². The summed E-state index contributed by atoms with van der Waals surface area (Å²) in [6, 6.07) is 13.4. The van der Waals surface area contributed by atoms with E-state index in [1.54, 1.807) is 30.3 Å². The molecule has 0 aliphatic heterocycles. The average Bonchev–Trinajstić information content (AvgIpc) is 2.54. The first-order valence-corrected chi connectivity index (χ1v) is 7.19. The van der Waals surface area contributed by atoms with Crippen LogP contribution in [0.4, 0.5) is 19.0 Å². The van der Waals surface area contributed by atoms with E-state index in [1.807, 2.05) is 19.1 Å². The SMILES string of the molecule is Cc1ccc(C(Nc2ccccn2)C(F)(F)F)c2ccccc12. The summed E-state index contributed by atoms with van der Waals surface area (Å²) < 4.78 is 40.9. The van der Waals surface area contributed by atoms with Gasteiger partial charge in [-0.15, -0.1) is 0 Å². The van der Waals surface area contributed by atoms with E-state index in [9.17, 15) is 13.2 Å². The molecule has 3 rings (SSSR count). The zero-order valence-electron chi connectivity index (χ0n) is 12.4. The van der Waals surface area contributed by atoms with Gasteiger partial charge in [0.1, 0.15) is 11.9 Å². The van der Waals surface area contributed by atoms with Crippen molar-refractivity contribution in [2.24, 2.45) is 0 Å². The fourth-order valence-corrected chi connectivity index (χ4v) is 2.66. The minimum absolute atomic E-state index is 0.194. The molecule has 1 unspecified atom stereocenters. The molecule has 1 N–H and O–H groups in total. The van der Waals surface area contributed by atoms with Crippen LogP contribution in [0.3, 0.4) is 0 Å². The molecular weight excluding hydrogens is 301 g/mol. The third-order valence-electron chi connectivity index (χ3n) is 3.77. The molecular formula is C18H15F3N2. The quantitative estimate of drug-likeness (QED) is 0.713. The zero-order chi connectivity index (χ0) is 16.4. The van der Waals surface area contributed by atoms with Crippen molar-refractivity contribution < 1.29 is 13.2 Å². The predicted octanol–water partition coefficient (Wildman–Crippen LogP) is 5.26. The van der Waals surface area contributed by atoms with Crippen LogP contribution in [0.15, 0.2) is 60.8 Å². The predicted molar refractivity (Wildman–Crippen MR) is 85.3 cm³/mol. The Bertz CT molecular complexity index is 813. The van der Waals surface area contributed by atoms with Gasteiger partial charge in [0.25, 0.3) is 0 Å². The first-order valence-electron chi connectivity index (χ1n) is 7.19. The lowest BCUT2D eigenvalue weighted by atomic mass is 9.95. The number of alkyl halides is 3. The third-order valence-corrected chi connectivity index (χ3v) is 3.77. The number of nitrogens with zero attached hydrogens (tertiary/aromatic N) is 1. The molecule has 1 atom stereocenters. The van der Waals surface area contributed by atoms with Crippen LogP contribution in [0.5, 0.6) is 0 Å². The molecule has 3 aromatic rings. The second-order valence-corrected chi connectivity index (χ2v) is 5.35. The monoisotopic (exact) mass is 316 g/mol. The Kier molecular flexibility index (Phi) is 3.94. The molecule has 2 aromatic carbocycles. The van der Waals surface area contributed by atoms with Gasteiger partial charge in [0.2, 0.25) is 0 Å². The van der Waals surface area contributed by atoms with Crippen LogP contribution in [0.25, 0.3) is 10.8 Å². The van der Waals surface area contributed by atoms with E-state index >= 15 is 0 Å². The van der Waals surface area contributed by atoms with Crippen molar-refractivity contribution in [1.82, 2.24) is 4.98 Å². The van der Waals surface area contributed by atoms with Crippen LogP contribution in [-0.4, -0.2) is 11.2 Å². The van der Waals surface area contributed by atoms with Crippen LogP contribution in [-0.2, 0) is 0 Å². The van der Waals surface area contributed by atoms with E-state index in [0.29, 0.717) is 5.39 Å². The second kappa shape index (κ2) is 5.91. The second-order valence-electron chi connectivity index (χ2n) is 5.35. The Labute approximate surface area is 132 Å². The number of hydrogen-bond donors (Lipinski definition) is 1. The number of benzene rings is 2. The molecule has 1 heterocycles. The van der Waals surface area contributed by atoms with Crippen molar-refractivity contribution in [3.05, 3.63) is 71.9 Å². The Balaban J connectivity index is 2.13. The number of nitrogens with one attached hydrogen (secondary N) is 1. The van der Waals surface area contributed by atoms with Crippen LogP contribution >= 0.6 is 0 Å². The van der Waals surface area contributed by atoms with Crippen LogP contribution in [0.2, 0.25) is 0 Å². The summed E-state index contributed by atoms with van der Waals surface area (Å²) in [7, 11) is 0. The maximum atomic E-state index is 13.6. The van der Waals surface area contributed by atoms with Crippen molar-refractivity contribution in [3.8, 4) is 0 Å². The Morgan fingerprint density at radius 2 is 1.61 bits per heavy atom. The standard InChI is InChI=1S/C18H15F3N2/c1-12-9-10-15(14-7-3-2-6-13(12)14)17(18(19,20)21)23-16-8-4-5-11-22-16/h2-11,17H,1H3,(H,22,23). The molecule has 0 saturated heterocycles. The van der Waals surface area contributed by atoms with Gasteiger partial charge >= 0.3 is 6.18 Å². The molecule has 0 radical (unpaired) electrons. The average molecular weight is 316 g/mol. The van der Waals surface area contributed by atoms with Crippen LogP contribution in [0.1, 0.15) is 17.2 Å². The van der Waals surface area contributed by atoms with Crippen molar-refractivity contribution in [2.45, 2.75) is 19.1 Å². The molecule has 23 heavy (non-hydrogen) atoms. The lowest BCUT2D eigenvalue weighted by Gasteiger charge is -2.24. The fraction of sp³-hybridized carbons (Fsp3) is 0.167. The smallest absolute Gasteiger partial charge is 0.355 e. The molecule has 5 heteroatoms. The molecule has 0 bridgehead atoms. The van der Waals surface area contributed by atoms with Crippen molar-refractivity contribution in [3.63, 3.8) is 0 Å². The lowest BCUT2D eigenvalue weighted by molar-refractivity contribution is -0.143. The molecule has 118 valence electrons. The number of pyridine rings is 1. The largest absolute Gasteiger partial charge is 0.412 e. The molecule has 0 aliphatic carbocycles. The number of fused-ring (bicyclic) bond motifs is 1. The maximum Gasteiger partial charge on any atom is 0.412 e. The van der Waals surface area contributed by atoms with Gasteiger partial charge in [-0.3, -0.25) is 0 Å². The Morgan fingerprint density at radius 3 is 2.26 bits per heavy atom. The molecule has 0 spiro atoms. The molecule has 2 nitrogen and oxygen atoms in total. The Morgan fingerprint density at radius 1 is 0.913 bits per heavy atom. The van der Waals surface area contributed by atoms with E-state index < -0.39 is 12.2 Å². The van der Waals surface area contributed by atoms with Gasteiger partial charge in [0.15, 0.2) is 0 Å². The van der Waals surface area contributed by atoms with Gasteiger partial charge in [-0.25, -0.2) is 4.98 Å². The molecule has 1 aromatic heterocycles. The fourth-order valence-electron chi connectivity index (χ4n) is 2.66. The lowest BCUT2D eigenvalue weighted by Crippen LogP contribution is -2.28. The summed E-state index contributed by atoms with van der Waals surface area (Å²) in [5.74, 6) is 0.194. The van der Waals surface area contributed by atoms with Gasteiger partial charge in [0, 0.05) is 6.20 Å². The van der Waals surface area contributed by atoms with Crippen molar-refractivity contribution in [2.75, 3.05) is 5.32 Å². The molecule has 0 amide bonds. The number of aromatic nitrogens is 1. The summed E-state index contributed by atoms with van der Waals surface area (Å²) in [5.41, 5.74) is 1.15. The van der Waals surface area contributed by atoms with Crippen molar-refractivity contribution in [1.29, 1.82) is 0 Å². The first-order chi connectivity index (χ1) is 11.0. The normalized spacial score (nSPS) is 13.0. The van der Waals surface area contributed by atoms with E-state index in [2.05, 4.69) is 10.3 Å². The number of anilines is 1. The zero-order valence-corrected chi connectivity index (χ0v) is 12.4. The van der Waals surface area contributed by atoms with Crippen LogP contribution in [0, 0.1) is 6.92 Å². The van der Waals surface area contributed by atoms with Crippen LogP contribution < -0.4 is 5.32 Å². The highest BCUT2D eigenvalue weighted by atomic mass is 19.4. The molecule has 0 aliphatic rings. The van der Waals surface area contributed by atoms with Gasteiger partial charge in [0.05, 0.1) is 0 Å². The van der Waals surface area contributed by atoms with E-state index in [1.165, 1.54) is 18.3 Å². The summed E-state index contributed by atoms with van der Waals surface area (Å²) in [6.45, 7) is 1.89. The maximum absolute atomic E-state index is 13.6. The topological polar surface area (TPSA) is 24.9 Å². The summed E-state index contributed by atoms with van der Waals surface area (Å²) >= 11 is 0. The summed E-state index contributed by atoms with van der Waals surface area (Å²) in [4.78, 5) is 3.94. The van der Waals surface area contributed by atoms with Crippen molar-refractivity contribution >= 4 is 16.6 Å². The number of rotatable bonds is 3. The number of aryl methyl sites for hydroxylation is 1. The van der Waals surface area contributed by atoms with Gasteiger partial charge in [-0.1, -0.05) is 42.5 Å². The minimum atomic E-state index is -4.43. The number of hydrogen-bond acceptors (Lipinski definition) is 2. The van der Waals surface area contributed by atoms with Gasteiger partial charge < -0.3 is 5.32 Å². The highest BCUT2D eigenvalue weighted by Crippen LogP contribution is 2.38. The van der Waals surface area contributed by atoms with Gasteiger partial charge in [-0.2, -0.15) is 13.2 Å². The van der Waals surface area contributed by atoms with E-state index in [4.69, 9.17) is 0 Å². The third kappa shape index (κ3) is 3.13. The number of halogens is 3. The molecule has 0 saturated carbocycles. The van der Waals surface area contributed by atoms with E-state index in [0.717, 1.165) is 10.9 Å².